The predicted molar refractivity (Wildman–Crippen MR) is 114 cm³/mol. The van der Waals surface area contributed by atoms with Crippen LogP contribution >= 0.6 is 11.3 Å². The molecule has 1 aliphatic carbocycles. The van der Waals surface area contributed by atoms with Gasteiger partial charge in [-0.2, -0.15) is 0 Å². The van der Waals surface area contributed by atoms with Crippen LogP contribution in [0.3, 0.4) is 0 Å². The summed E-state index contributed by atoms with van der Waals surface area (Å²) < 4.78 is 5.56. The second-order valence-corrected chi connectivity index (χ2v) is 8.04. The van der Waals surface area contributed by atoms with Crippen LogP contribution in [0.2, 0.25) is 0 Å². The number of benzene rings is 2. The number of nitrogens with zero attached hydrogens (tertiary/aromatic N) is 1. The average molecular weight is 392 g/mol. The average Bonchev–Trinajstić information content (AvgIpc) is 3.28. The largest absolute Gasteiger partial charge is 0.494 e. The third-order valence-electron chi connectivity index (χ3n) is 5.29. The molecule has 1 aromatic heterocycles. The van der Waals surface area contributed by atoms with E-state index in [2.05, 4.69) is 41.3 Å². The number of carbonyl (C=O) groups excluding carboxylic acids is 1. The molecule has 3 nitrogen and oxygen atoms in total. The summed E-state index contributed by atoms with van der Waals surface area (Å²) in [5.41, 5.74) is 3.79. The Balaban J connectivity index is 1.66. The molecule has 3 aromatic rings. The summed E-state index contributed by atoms with van der Waals surface area (Å²) in [5, 5.41) is 1.97. The van der Waals surface area contributed by atoms with Crippen LogP contribution in [0.5, 0.6) is 5.75 Å². The number of fused-ring (bicyclic) bond motifs is 1. The predicted octanol–water partition coefficient (Wildman–Crippen LogP) is 5.87. The topological polar surface area (TPSA) is 29.5 Å². The van der Waals surface area contributed by atoms with E-state index in [1.54, 1.807) is 0 Å². The summed E-state index contributed by atoms with van der Waals surface area (Å²) in [4.78, 5) is 16.3. The molecule has 0 radical (unpaired) electrons. The summed E-state index contributed by atoms with van der Waals surface area (Å²) in [6.45, 7) is 3.24. The van der Waals surface area contributed by atoms with E-state index in [1.165, 1.54) is 22.5 Å². The van der Waals surface area contributed by atoms with Gasteiger partial charge in [-0.1, -0.05) is 42.5 Å². The Hall–Kier alpha value is -2.59. The highest BCUT2D eigenvalue weighted by molar-refractivity contribution is 7.12. The molecule has 4 heteroatoms. The molecular formula is C24H25NO2S. The third kappa shape index (κ3) is 3.97. The van der Waals surface area contributed by atoms with Gasteiger partial charge in [-0.15, -0.1) is 11.3 Å². The van der Waals surface area contributed by atoms with E-state index in [1.807, 2.05) is 36.6 Å². The quantitative estimate of drug-likeness (QED) is 0.526. The van der Waals surface area contributed by atoms with E-state index in [4.69, 9.17) is 4.74 Å². The highest BCUT2D eigenvalue weighted by Crippen LogP contribution is 2.36. The van der Waals surface area contributed by atoms with Crippen LogP contribution in [0.15, 0.2) is 66.0 Å². The van der Waals surface area contributed by atoms with Crippen molar-refractivity contribution in [3.8, 4) is 5.75 Å². The number of ether oxygens (including phenoxy) is 1. The molecule has 0 fully saturated rings. The van der Waals surface area contributed by atoms with Crippen molar-refractivity contribution < 1.29 is 9.53 Å². The minimum Gasteiger partial charge on any atom is -0.494 e. The fourth-order valence-electron chi connectivity index (χ4n) is 3.97. The molecule has 0 bridgehead atoms. The van der Waals surface area contributed by atoms with Crippen LogP contribution in [-0.4, -0.2) is 17.4 Å². The molecule has 4 rings (SSSR count). The SMILES string of the molecule is CCOc1ccc(CN(C(=O)c2cccs2)C2CCCc3ccccc32)cc1. The van der Waals surface area contributed by atoms with E-state index < -0.39 is 0 Å². The standard InChI is InChI=1S/C24H25NO2S/c1-2-27-20-14-12-18(13-15-20)17-25(24(26)23-11-6-16-28-23)22-10-5-8-19-7-3-4-9-21(19)22/h3-4,6-7,9,11-16,22H,2,5,8,10,17H2,1H3. The Bertz CT molecular complexity index is 918. The first-order valence-electron chi connectivity index (χ1n) is 9.90. The molecule has 28 heavy (non-hydrogen) atoms. The number of amides is 1. The maximum absolute atomic E-state index is 13.4. The molecular weight excluding hydrogens is 366 g/mol. The first kappa shape index (κ1) is 18.8. The highest BCUT2D eigenvalue weighted by Gasteiger charge is 2.30. The second kappa shape index (κ2) is 8.61. The molecule has 1 amide bonds. The number of rotatable bonds is 6. The van der Waals surface area contributed by atoms with Crippen molar-refractivity contribution in [3.05, 3.63) is 87.6 Å². The molecule has 1 aliphatic rings. The minimum absolute atomic E-state index is 0.116. The first-order valence-corrected chi connectivity index (χ1v) is 10.8. The fraction of sp³-hybridized carbons (Fsp3) is 0.292. The van der Waals surface area contributed by atoms with Gasteiger partial charge in [0.1, 0.15) is 5.75 Å². The number of carbonyl (C=O) groups is 1. The van der Waals surface area contributed by atoms with Gasteiger partial charge < -0.3 is 9.64 Å². The number of hydrogen-bond donors (Lipinski definition) is 0. The highest BCUT2D eigenvalue weighted by atomic mass is 32.1. The summed E-state index contributed by atoms with van der Waals surface area (Å²) in [5.74, 6) is 0.982. The second-order valence-electron chi connectivity index (χ2n) is 7.09. The van der Waals surface area contributed by atoms with Crippen LogP contribution < -0.4 is 4.74 Å². The molecule has 1 heterocycles. The summed E-state index contributed by atoms with van der Waals surface area (Å²) in [6.07, 6.45) is 3.21. The van der Waals surface area contributed by atoms with Gasteiger partial charge >= 0.3 is 0 Å². The number of aryl methyl sites for hydroxylation is 1. The van der Waals surface area contributed by atoms with E-state index in [-0.39, 0.29) is 11.9 Å². The van der Waals surface area contributed by atoms with Crippen LogP contribution in [0.25, 0.3) is 0 Å². The van der Waals surface area contributed by atoms with Crippen molar-refractivity contribution in [2.45, 2.75) is 38.8 Å². The van der Waals surface area contributed by atoms with Gasteiger partial charge in [0.25, 0.3) is 5.91 Å². The smallest absolute Gasteiger partial charge is 0.264 e. The molecule has 2 aromatic carbocycles. The molecule has 0 aliphatic heterocycles. The lowest BCUT2D eigenvalue weighted by Gasteiger charge is -2.36. The zero-order chi connectivity index (χ0) is 19.3. The maximum atomic E-state index is 13.4. The normalized spacial score (nSPS) is 15.7. The molecule has 1 unspecified atom stereocenters. The van der Waals surface area contributed by atoms with Crippen molar-refractivity contribution >= 4 is 17.2 Å². The molecule has 0 N–H and O–H groups in total. The minimum atomic E-state index is 0.116. The van der Waals surface area contributed by atoms with Gasteiger partial charge in [0.2, 0.25) is 0 Å². The fourth-order valence-corrected chi connectivity index (χ4v) is 4.65. The molecule has 0 saturated heterocycles. The Morgan fingerprint density at radius 3 is 2.68 bits per heavy atom. The van der Waals surface area contributed by atoms with E-state index in [9.17, 15) is 4.79 Å². The Morgan fingerprint density at radius 2 is 1.93 bits per heavy atom. The number of hydrogen-bond acceptors (Lipinski definition) is 3. The molecule has 0 saturated carbocycles. The van der Waals surface area contributed by atoms with Gasteiger partial charge in [0, 0.05) is 6.54 Å². The zero-order valence-corrected chi connectivity index (χ0v) is 17.0. The summed E-state index contributed by atoms with van der Waals surface area (Å²) >= 11 is 1.51. The monoisotopic (exact) mass is 391 g/mol. The Kier molecular flexibility index (Phi) is 5.77. The Morgan fingerprint density at radius 1 is 1.11 bits per heavy atom. The van der Waals surface area contributed by atoms with Crippen LogP contribution in [0, 0.1) is 0 Å². The van der Waals surface area contributed by atoms with Crippen molar-refractivity contribution in [1.29, 1.82) is 0 Å². The lowest BCUT2D eigenvalue weighted by molar-refractivity contribution is 0.0643. The lowest BCUT2D eigenvalue weighted by atomic mass is 9.86. The van der Waals surface area contributed by atoms with Gasteiger partial charge in [0.05, 0.1) is 17.5 Å². The van der Waals surface area contributed by atoms with Crippen LogP contribution in [0.4, 0.5) is 0 Å². The van der Waals surface area contributed by atoms with Gasteiger partial charge in [0.15, 0.2) is 0 Å². The van der Waals surface area contributed by atoms with Crippen LogP contribution in [-0.2, 0) is 13.0 Å². The molecule has 0 spiro atoms. The van der Waals surface area contributed by atoms with Crippen molar-refractivity contribution in [2.75, 3.05) is 6.61 Å². The maximum Gasteiger partial charge on any atom is 0.264 e. The first-order chi connectivity index (χ1) is 13.8. The zero-order valence-electron chi connectivity index (χ0n) is 16.1. The Labute approximate surface area is 170 Å². The van der Waals surface area contributed by atoms with Crippen molar-refractivity contribution in [1.82, 2.24) is 4.90 Å². The summed E-state index contributed by atoms with van der Waals surface area (Å²) in [6, 6.07) is 20.7. The van der Waals surface area contributed by atoms with Crippen LogP contribution in [0.1, 0.15) is 52.2 Å². The van der Waals surface area contributed by atoms with Crippen molar-refractivity contribution in [3.63, 3.8) is 0 Å². The van der Waals surface area contributed by atoms with Gasteiger partial charge in [-0.05, 0) is 66.5 Å². The lowest BCUT2D eigenvalue weighted by Crippen LogP contribution is -2.36. The van der Waals surface area contributed by atoms with Gasteiger partial charge in [-0.3, -0.25) is 4.79 Å². The summed E-state index contributed by atoms with van der Waals surface area (Å²) in [7, 11) is 0. The van der Waals surface area contributed by atoms with Gasteiger partial charge in [-0.25, -0.2) is 0 Å². The van der Waals surface area contributed by atoms with E-state index in [0.717, 1.165) is 35.5 Å². The van der Waals surface area contributed by atoms with E-state index in [0.29, 0.717) is 13.2 Å². The third-order valence-corrected chi connectivity index (χ3v) is 6.15. The molecule has 1 atom stereocenters. The number of thiophene rings is 1. The molecule has 144 valence electrons. The van der Waals surface area contributed by atoms with E-state index >= 15 is 0 Å². The van der Waals surface area contributed by atoms with Crippen molar-refractivity contribution in [2.24, 2.45) is 0 Å².